The number of carbonyl (C=O) groups is 1. The number of hydrogen-bond acceptors (Lipinski definition) is 4. The average Bonchev–Trinajstić information content (AvgIpc) is 3.39. The second kappa shape index (κ2) is 7.44. The molecular weight excluding hydrogens is 356 g/mol. The average molecular weight is 383 g/mol. The maximum absolute atomic E-state index is 13.0. The van der Waals surface area contributed by atoms with E-state index in [2.05, 4.69) is 47.8 Å². The Bertz CT molecular complexity index is 913. The molecule has 0 aliphatic carbocycles. The van der Waals surface area contributed by atoms with Gasteiger partial charge in [0.25, 0.3) is 0 Å². The molecule has 1 amide bonds. The maximum Gasteiger partial charge on any atom is 0.237 e. The monoisotopic (exact) mass is 382 g/mol. The van der Waals surface area contributed by atoms with Crippen LogP contribution >= 0.6 is 11.3 Å². The molecular formula is C21H26N4OS. The van der Waals surface area contributed by atoms with Crippen molar-refractivity contribution in [2.75, 3.05) is 20.1 Å². The number of aromatic nitrogens is 2. The molecule has 2 atom stereocenters. The standard InChI is InChI=1S/C21H26N4OS/c1-15(21-22-16-8-4-5-11-19(16)27-21)24(3)20(26)14-25-13-7-10-18(25)17-9-6-12-23(17)2/h4-6,8-9,11-12,15,18H,7,10,13-14H2,1-3H3/t15-,18-/m1/s1. The summed E-state index contributed by atoms with van der Waals surface area (Å²) in [5.74, 6) is 0.155. The van der Waals surface area contributed by atoms with Gasteiger partial charge in [-0.25, -0.2) is 4.98 Å². The van der Waals surface area contributed by atoms with E-state index < -0.39 is 0 Å². The molecule has 1 aliphatic heterocycles. The highest BCUT2D eigenvalue weighted by atomic mass is 32.1. The van der Waals surface area contributed by atoms with Gasteiger partial charge in [-0.05, 0) is 50.6 Å². The molecule has 0 saturated carbocycles. The predicted octanol–water partition coefficient (Wildman–Crippen LogP) is 3.99. The predicted molar refractivity (Wildman–Crippen MR) is 110 cm³/mol. The lowest BCUT2D eigenvalue weighted by Gasteiger charge is -2.29. The lowest BCUT2D eigenvalue weighted by Crippen LogP contribution is -2.39. The molecule has 27 heavy (non-hydrogen) atoms. The van der Waals surface area contributed by atoms with Crippen LogP contribution in [0.25, 0.3) is 10.2 Å². The molecule has 1 aliphatic rings. The van der Waals surface area contributed by atoms with E-state index in [0.717, 1.165) is 29.9 Å². The van der Waals surface area contributed by atoms with Crippen molar-refractivity contribution in [3.05, 3.63) is 53.3 Å². The summed E-state index contributed by atoms with van der Waals surface area (Å²) >= 11 is 1.67. The van der Waals surface area contributed by atoms with Crippen molar-refractivity contribution in [1.82, 2.24) is 19.4 Å². The van der Waals surface area contributed by atoms with E-state index in [9.17, 15) is 4.79 Å². The van der Waals surface area contributed by atoms with E-state index >= 15 is 0 Å². The summed E-state index contributed by atoms with van der Waals surface area (Å²) in [6.45, 7) is 3.50. The summed E-state index contributed by atoms with van der Waals surface area (Å²) in [6.07, 6.45) is 4.33. The fourth-order valence-corrected chi connectivity index (χ4v) is 4.97. The van der Waals surface area contributed by atoms with Crippen LogP contribution in [0.1, 0.15) is 42.6 Å². The molecule has 0 bridgehead atoms. The lowest BCUT2D eigenvalue weighted by atomic mass is 10.1. The van der Waals surface area contributed by atoms with Gasteiger partial charge in [0, 0.05) is 26.0 Å². The maximum atomic E-state index is 13.0. The second-order valence-corrected chi connectivity index (χ2v) is 8.44. The van der Waals surface area contributed by atoms with Gasteiger partial charge in [-0.1, -0.05) is 12.1 Å². The summed E-state index contributed by atoms with van der Waals surface area (Å²) in [4.78, 5) is 21.9. The Morgan fingerprint density at radius 2 is 2.15 bits per heavy atom. The highest BCUT2D eigenvalue weighted by molar-refractivity contribution is 7.18. The molecule has 0 unspecified atom stereocenters. The quantitative estimate of drug-likeness (QED) is 0.670. The first-order chi connectivity index (χ1) is 13.0. The molecule has 1 fully saturated rings. The smallest absolute Gasteiger partial charge is 0.237 e. The zero-order chi connectivity index (χ0) is 19.0. The molecule has 1 aromatic carbocycles. The van der Waals surface area contributed by atoms with Crippen molar-refractivity contribution < 1.29 is 4.79 Å². The fourth-order valence-electron chi connectivity index (χ4n) is 3.91. The third-order valence-electron chi connectivity index (χ3n) is 5.67. The number of carbonyl (C=O) groups excluding carboxylic acids is 1. The van der Waals surface area contributed by atoms with Crippen LogP contribution < -0.4 is 0 Å². The molecule has 6 heteroatoms. The minimum Gasteiger partial charge on any atom is -0.353 e. The van der Waals surface area contributed by atoms with Crippen molar-refractivity contribution >= 4 is 27.5 Å². The Balaban J connectivity index is 1.46. The number of likely N-dealkylation sites (N-methyl/N-ethyl adjacent to an activating group) is 1. The van der Waals surface area contributed by atoms with Crippen LogP contribution in [0, 0.1) is 0 Å². The number of rotatable bonds is 5. The summed E-state index contributed by atoms with van der Waals surface area (Å²) in [5.41, 5.74) is 2.30. The molecule has 3 heterocycles. The van der Waals surface area contributed by atoms with Crippen molar-refractivity contribution in [1.29, 1.82) is 0 Å². The van der Waals surface area contributed by atoms with Crippen molar-refractivity contribution in [2.24, 2.45) is 7.05 Å². The van der Waals surface area contributed by atoms with Crippen LogP contribution in [0.15, 0.2) is 42.6 Å². The van der Waals surface area contributed by atoms with Gasteiger partial charge in [0.2, 0.25) is 5.91 Å². The first kappa shape index (κ1) is 18.2. The molecule has 1 saturated heterocycles. The highest BCUT2D eigenvalue weighted by Crippen LogP contribution is 2.33. The highest BCUT2D eigenvalue weighted by Gasteiger charge is 2.31. The summed E-state index contributed by atoms with van der Waals surface area (Å²) in [7, 11) is 3.97. The van der Waals surface area contributed by atoms with Gasteiger partial charge >= 0.3 is 0 Å². The topological polar surface area (TPSA) is 41.4 Å². The van der Waals surface area contributed by atoms with Crippen LogP contribution in [0.3, 0.4) is 0 Å². The Morgan fingerprint density at radius 1 is 1.33 bits per heavy atom. The van der Waals surface area contributed by atoms with E-state index in [4.69, 9.17) is 4.98 Å². The molecule has 5 nitrogen and oxygen atoms in total. The Hall–Kier alpha value is -2.18. The normalized spacial score (nSPS) is 18.9. The molecule has 2 aromatic heterocycles. The number of aryl methyl sites for hydroxylation is 1. The van der Waals surface area contributed by atoms with Crippen molar-refractivity contribution in [2.45, 2.75) is 31.8 Å². The first-order valence-corrected chi connectivity index (χ1v) is 10.3. The minimum atomic E-state index is -0.0222. The molecule has 0 N–H and O–H groups in total. The van der Waals surface area contributed by atoms with Crippen LogP contribution in [-0.2, 0) is 11.8 Å². The van der Waals surface area contributed by atoms with Crippen LogP contribution in [0.2, 0.25) is 0 Å². The number of hydrogen-bond donors (Lipinski definition) is 0. The second-order valence-electron chi connectivity index (χ2n) is 7.37. The Morgan fingerprint density at radius 3 is 2.89 bits per heavy atom. The zero-order valence-corrected chi connectivity index (χ0v) is 16.9. The van der Waals surface area contributed by atoms with E-state index in [0.29, 0.717) is 12.6 Å². The third-order valence-corrected chi connectivity index (χ3v) is 6.88. The van der Waals surface area contributed by atoms with Gasteiger partial charge in [0.05, 0.1) is 28.8 Å². The minimum absolute atomic E-state index is 0.0222. The van der Waals surface area contributed by atoms with E-state index in [-0.39, 0.29) is 11.9 Å². The molecule has 0 radical (unpaired) electrons. The first-order valence-electron chi connectivity index (χ1n) is 9.51. The van der Waals surface area contributed by atoms with E-state index in [1.807, 2.05) is 30.1 Å². The molecule has 4 rings (SSSR count). The van der Waals surface area contributed by atoms with Crippen LogP contribution in [0.5, 0.6) is 0 Å². The van der Waals surface area contributed by atoms with Crippen molar-refractivity contribution in [3.63, 3.8) is 0 Å². The Kier molecular flexibility index (Phi) is 5.02. The van der Waals surface area contributed by atoms with Gasteiger partial charge in [-0.15, -0.1) is 11.3 Å². The Labute approximate surface area is 164 Å². The fraction of sp³-hybridized carbons (Fsp3) is 0.429. The number of para-hydroxylation sites is 1. The van der Waals surface area contributed by atoms with E-state index in [1.54, 1.807) is 11.3 Å². The van der Waals surface area contributed by atoms with Crippen molar-refractivity contribution in [3.8, 4) is 0 Å². The number of amides is 1. The summed E-state index contributed by atoms with van der Waals surface area (Å²) < 4.78 is 3.34. The number of likely N-dealkylation sites (tertiary alicyclic amines) is 1. The van der Waals surface area contributed by atoms with Gasteiger partial charge in [-0.2, -0.15) is 0 Å². The number of thiazole rings is 1. The molecule has 142 valence electrons. The summed E-state index contributed by atoms with van der Waals surface area (Å²) in [5, 5.41) is 0.993. The SMILES string of the molecule is C[C@H](c1nc2ccccc2s1)N(C)C(=O)CN1CCC[C@@H]1c1cccn1C. The van der Waals surface area contributed by atoms with E-state index in [1.165, 1.54) is 10.4 Å². The number of benzene rings is 1. The van der Waals surface area contributed by atoms with Gasteiger partial charge in [0.1, 0.15) is 5.01 Å². The third kappa shape index (κ3) is 3.51. The number of fused-ring (bicyclic) bond motifs is 1. The largest absolute Gasteiger partial charge is 0.353 e. The number of nitrogens with zero attached hydrogens (tertiary/aromatic N) is 4. The van der Waals surface area contributed by atoms with Crippen LogP contribution in [-0.4, -0.2) is 45.4 Å². The van der Waals surface area contributed by atoms with Crippen LogP contribution in [0.4, 0.5) is 0 Å². The van der Waals surface area contributed by atoms with Gasteiger partial charge in [0.15, 0.2) is 0 Å². The summed E-state index contributed by atoms with van der Waals surface area (Å²) in [6, 6.07) is 12.7. The molecule has 3 aromatic rings. The lowest BCUT2D eigenvalue weighted by molar-refractivity contribution is -0.133. The molecule has 0 spiro atoms. The van der Waals surface area contributed by atoms with Gasteiger partial charge in [-0.3, -0.25) is 9.69 Å². The van der Waals surface area contributed by atoms with Gasteiger partial charge < -0.3 is 9.47 Å². The zero-order valence-electron chi connectivity index (χ0n) is 16.1.